The highest BCUT2D eigenvalue weighted by molar-refractivity contribution is 5.87. The van der Waals surface area contributed by atoms with Crippen molar-refractivity contribution in [3.05, 3.63) is 23.3 Å². The second-order valence-corrected chi connectivity index (χ2v) is 8.43. The fourth-order valence-corrected chi connectivity index (χ4v) is 5.27. The minimum Gasteiger partial charge on any atom is -0.478 e. The molecule has 3 heteroatoms. The maximum absolute atomic E-state index is 11.8. The molecule has 0 aromatic carbocycles. The summed E-state index contributed by atoms with van der Waals surface area (Å²) in [5.41, 5.74) is 2.13. The molecule has 2 aliphatic carbocycles. The molecule has 130 valence electrons. The highest BCUT2D eigenvalue weighted by Crippen LogP contribution is 2.60. The topological polar surface area (TPSA) is 57.5 Å². The summed E-state index contributed by atoms with van der Waals surface area (Å²) in [6.07, 6.45) is 10.00. The van der Waals surface area contributed by atoms with E-state index in [1.54, 1.807) is 0 Å². The van der Waals surface area contributed by atoms with Crippen molar-refractivity contribution in [2.45, 2.75) is 66.2 Å². The summed E-state index contributed by atoms with van der Waals surface area (Å²) in [4.78, 5) is 11.8. The molecule has 3 unspecified atom stereocenters. The number of allylic oxidation sites excluding steroid dienone is 2. The van der Waals surface area contributed by atoms with Crippen LogP contribution in [0.25, 0.3) is 0 Å². The van der Waals surface area contributed by atoms with E-state index >= 15 is 0 Å². The average molecular weight is 320 g/mol. The third-order valence-electron chi connectivity index (χ3n) is 6.53. The number of aliphatic hydroxyl groups is 1. The number of aliphatic hydroxyl groups excluding tert-OH is 1. The fraction of sp³-hybridized carbons (Fsp3) is 0.750. The van der Waals surface area contributed by atoms with Gasteiger partial charge in [-0.15, -0.1) is 0 Å². The van der Waals surface area contributed by atoms with Gasteiger partial charge in [0, 0.05) is 5.57 Å². The summed E-state index contributed by atoms with van der Waals surface area (Å²) in [7, 11) is 0. The highest BCUT2D eigenvalue weighted by atomic mass is 16.4. The molecule has 0 bridgehead atoms. The van der Waals surface area contributed by atoms with Crippen LogP contribution in [0.5, 0.6) is 0 Å². The van der Waals surface area contributed by atoms with Crippen molar-refractivity contribution in [3.8, 4) is 0 Å². The van der Waals surface area contributed by atoms with Gasteiger partial charge in [0.05, 0.1) is 6.61 Å². The molecule has 2 aliphatic rings. The number of rotatable bonds is 5. The van der Waals surface area contributed by atoms with Crippen LogP contribution in [-0.4, -0.2) is 22.8 Å². The van der Waals surface area contributed by atoms with Crippen LogP contribution in [0.3, 0.4) is 0 Å². The van der Waals surface area contributed by atoms with Crippen LogP contribution >= 0.6 is 0 Å². The van der Waals surface area contributed by atoms with Gasteiger partial charge in [0.1, 0.15) is 0 Å². The van der Waals surface area contributed by atoms with Gasteiger partial charge < -0.3 is 10.2 Å². The summed E-state index contributed by atoms with van der Waals surface area (Å²) in [5.74, 6) is -0.0822. The van der Waals surface area contributed by atoms with Crippen LogP contribution in [0.1, 0.15) is 66.2 Å². The minimum absolute atomic E-state index is 0.0606. The van der Waals surface area contributed by atoms with Crippen molar-refractivity contribution in [2.24, 2.45) is 22.7 Å². The van der Waals surface area contributed by atoms with Crippen LogP contribution in [0.2, 0.25) is 0 Å². The molecule has 1 fully saturated rings. The molecule has 0 saturated heterocycles. The molecule has 0 aliphatic heterocycles. The van der Waals surface area contributed by atoms with Crippen LogP contribution < -0.4 is 0 Å². The Morgan fingerprint density at radius 3 is 2.65 bits per heavy atom. The summed E-state index contributed by atoms with van der Waals surface area (Å²) < 4.78 is 0. The maximum atomic E-state index is 11.8. The summed E-state index contributed by atoms with van der Waals surface area (Å²) >= 11 is 0. The molecule has 0 amide bonds. The fourth-order valence-electron chi connectivity index (χ4n) is 5.27. The van der Waals surface area contributed by atoms with Crippen LogP contribution in [0.4, 0.5) is 0 Å². The Morgan fingerprint density at radius 1 is 1.35 bits per heavy atom. The van der Waals surface area contributed by atoms with Crippen LogP contribution in [0.15, 0.2) is 23.3 Å². The molecule has 0 heterocycles. The molecule has 0 spiro atoms. The normalized spacial score (nSPS) is 33.8. The lowest BCUT2D eigenvalue weighted by molar-refractivity contribution is -0.135. The first-order valence-electron chi connectivity index (χ1n) is 8.92. The van der Waals surface area contributed by atoms with E-state index in [1.807, 2.05) is 19.1 Å². The lowest BCUT2D eigenvalue weighted by Crippen LogP contribution is -2.49. The predicted octanol–water partition coefficient (Wildman–Crippen LogP) is 4.57. The van der Waals surface area contributed by atoms with E-state index in [-0.39, 0.29) is 23.4 Å². The first kappa shape index (κ1) is 18.3. The molecule has 3 nitrogen and oxygen atoms in total. The Bertz CT molecular complexity index is 515. The van der Waals surface area contributed by atoms with Gasteiger partial charge in [-0.3, -0.25) is 0 Å². The zero-order chi connectivity index (χ0) is 17.3. The minimum atomic E-state index is -0.748. The maximum Gasteiger partial charge on any atom is 0.331 e. The van der Waals surface area contributed by atoms with E-state index in [0.717, 1.165) is 31.3 Å². The van der Waals surface area contributed by atoms with Crippen LogP contribution in [-0.2, 0) is 4.79 Å². The van der Waals surface area contributed by atoms with Gasteiger partial charge in [-0.1, -0.05) is 44.9 Å². The molecule has 0 aromatic rings. The van der Waals surface area contributed by atoms with Crippen molar-refractivity contribution in [1.29, 1.82) is 0 Å². The highest BCUT2D eigenvalue weighted by Gasteiger charge is 2.53. The van der Waals surface area contributed by atoms with Gasteiger partial charge in [0.2, 0.25) is 0 Å². The Morgan fingerprint density at radius 2 is 2.04 bits per heavy atom. The third kappa shape index (κ3) is 3.55. The zero-order valence-electron chi connectivity index (χ0n) is 15.1. The molecule has 0 aromatic heterocycles. The van der Waals surface area contributed by atoms with E-state index in [4.69, 9.17) is 5.11 Å². The van der Waals surface area contributed by atoms with E-state index in [0.29, 0.717) is 11.5 Å². The SMILES string of the molecule is CC(=CCO)CCC1C(C(=O)O)=CCC2C(C)(C)CCCC12C. The second-order valence-electron chi connectivity index (χ2n) is 8.43. The van der Waals surface area contributed by atoms with Crippen molar-refractivity contribution >= 4 is 5.97 Å². The second kappa shape index (κ2) is 6.80. The Labute approximate surface area is 140 Å². The van der Waals surface area contributed by atoms with Gasteiger partial charge in [-0.2, -0.15) is 0 Å². The number of carboxylic acid groups (broad SMARTS) is 1. The van der Waals surface area contributed by atoms with Crippen LogP contribution in [0, 0.1) is 22.7 Å². The molecule has 23 heavy (non-hydrogen) atoms. The van der Waals surface area contributed by atoms with Crippen molar-refractivity contribution in [3.63, 3.8) is 0 Å². The smallest absolute Gasteiger partial charge is 0.331 e. The number of aliphatic carboxylic acids is 1. The predicted molar refractivity (Wildman–Crippen MR) is 93.1 cm³/mol. The number of carbonyl (C=O) groups is 1. The van der Waals surface area contributed by atoms with Gasteiger partial charge >= 0.3 is 5.97 Å². The average Bonchev–Trinajstić information content (AvgIpc) is 2.44. The zero-order valence-corrected chi connectivity index (χ0v) is 15.1. The molecular weight excluding hydrogens is 288 g/mol. The van der Waals surface area contributed by atoms with Crippen molar-refractivity contribution in [2.75, 3.05) is 6.61 Å². The molecule has 2 rings (SSSR count). The third-order valence-corrected chi connectivity index (χ3v) is 6.53. The van der Waals surface area contributed by atoms with E-state index in [9.17, 15) is 9.90 Å². The molecule has 2 N–H and O–H groups in total. The van der Waals surface area contributed by atoms with Gasteiger partial charge in [-0.25, -0.2) is 4.79 Å². The largest absolute Gasteiger partial charge is 0.478 e. The van der Waals surface area contributed by atoms with E-state index < -0.39 is 5.97 Å². The Balaban J connectivity index is 2.32. The number of hydrogen-bond donors (Lipinski definition) is 2. The summed E-state index contributed by atoms with van der Waals surface area (Å²) in [5, 5.41) is 18.7. The standard InChI is InChI=1S/C20H32O3/c1-14(10-13-21)6-8-16-15(18(22)23)7-9-17-19(2,3)11-5-12-20(16,17)4/h7,10,16-17,21H,5-6,8-9,11-13H2,1-4H3,(H,22,23). The number of carboxylic acids is 1. The Kier molecular flexibility index (Phi) is 5.40. The van der Waals surface area contributed by atoms with E-state index in [1.165, 1.54) is 12.8 Å². The lowest BCUT2D eigenvalue weighted by Gasteiger charge is -2.56. The lowest BCUT2D eigenvalue weighted by atomic mass is 9.48. The molecule has 1 saturated carbocycles. The summed E-state index contributed by atoms with van der Waals surface area (Å²) in [6, 6.07) is 0. The van der Waals surface area contributed by atoms with Gasteiger partial charge in [0.25, 0.3) is 0 Å². The van der Waals surface area contributed by atoms with Gasteiger partial charge in [0.15, 0.2) is 0 Å². The number of hydrogen-bond acceptors (Lipinski definition) is 2. The van der Waals surface area contributed by atoms with Gasteiger partial charge in [-0.05, 0) is 61.7 Å². The van der Waals surface area contributed by atoms with Crippen molar-refractivity contribution in [1.82, 2.24) is 0 Å². The quantitative estimate of drug-likeness (QED) is 0.730. The molecule has 0 radical (unpaired) electrons. The number of fused-ring (bicyclic) bond motifs is 1. The summed E-state index contributed by atoms with van der Waals surface area (Å²) in [6.45, 7) is 9.11. The van der Waals surface area contributed by atoms with E-state index in [2.05, 4.69) is 20.8 Å². The Hall–Kier alpha value is -1.09. The first-order valence-corrected chi connectivity index (χ1v) is 8.92. The van der Waals surface area contributed by atoms with Crippen molar-refractivity contribution < 1.29 is 15.0 Å². The molecular formula is C20H32O3. The first-order chi connectivity index (χ1) is 10.7. The monoisotopic (exact) mass is 320 g/mol. The molecule has 3 atom stereocenters.